The van der Waals surface area contributed by atoms with E-state index in [0.29, 0.717) is 24.1 Å². The predicted molar refractivity (Wildman–Crippen MR) is 121 cm³/mol. The third kappa shape index (κ3) is 8.39. The van der Waals surface area contributed by atoms with Gasteiger partial charge in [-0.2, -0.15) is 0 Å². The van der Waals surface area contributed by atoms with Crippen LogP contribution in [0.25, 0.3) is 0 Å². The van der Waals surface area contributed by atoms with Crippen molar-refractivity contribution in [2.75, 3.05) is 32.8 Å². The van der Waals surface area contributed by atoms with Gasteiger partial charge < -0.3 is 20.5 Å². The topological polar surface area (TPSA) is 78.8 Å². The Labute approximate surface area is 184 Å². The van der Waals surface area contributed by atoms with Crippen LogP contribution in [0.5, 0.6) is 5.88 Å². The van der Waals surface area contributed by atoms with Crippen LogP contribution in [0.2, 0.25) is 5.02 Å². The molecule has 8 heteroatoms. The molecule has 1 saturated carbocycles. The Morgan fingerprint density at radius 2 is 2.11 bits per heavy atom. The molecule has 1 aromatic heterocycles. The fraction of sp³-hybridized carbons (Fsp3) is 0.684. The van der Waals surface area contributed by atoms with E-state index >= 15 is 0 Å². The Bertz CT molecular complexity index is 563. The smallest absolute Gasteiger partial charge is 0.232 e. The van der Waals surface area contributed by atoms with E-state index in [2.05, 4.69) is 15.6 Å². The monoisotopic (exact) mass is 510 g/mol. The Morgan fingerprint density at radius 1 is 1.33 bits per heavy atom. The van der Waals surface area contributed by atoms with Crippen LogP contribution in [0.15, 0.2) is 23.3 Å². The van der Waals surface area contributed by atoms with E-state index in [1.807, 2.05) is 6.92 Å². The van der Waals surface area contributed by atoms with Crippen LogP contribution in [0.3, 0.4) is 0 Å². The van der Waals surface area contributed by atoms with Gasteiger partial charge in [-0.05, 0) is 43.7 Å². The summed E-state index contributed by atoms with van der Waals surface area (Å²) in [7, 11) is 0. The minimum atomic E-state index is 0. The maximum atomic E-state index is 9.44. The average molecular weight is 511 g/mol. The maximum absolute atomic E-state index is 9.44. The summed E-state index contributed by atoms with van der Waals surface area (Å²) >= 11 is 6.03. The number of aromatic nitrogens is 1. The van der Waals surface area contributed by atoms with Gasteiger partial charge in [0.05, 0.1) is 6.54 Å². The number of hydrogen-bond donors (Lipinski definition) is 3. The van der Waals surface area contributed by atoms with Gasteiger partial charge in [-0.25, -0.2) is 4.98 Å². The highest BCUT2D eigenvalue weighted by Gasteiger charge is 2.31. The number of pyridine rings is 1. The number of guanidine groups is 1. The number of halogens is 2. The Kier molecular flexibility index (Phi) is 12.0. The average Bonchev–Trinajstić information content (AvgIpc) is 2.65. The predicted octanol–water partition coefficient (Wildman–Crippen LogP) is 3.62. The zero-order chi connectivity index (χ0) is 18.7. The molecule has 27 heavy (non-hydrogen) atoms. The number of nitrogens with zero attached hydrogens (tertiary/aromatic N) is 2. The van der Waals surface area contributed by atoms with Gasteiger partial charge in [0.1, 0.15) is 11.6 Å². The van der Waals surface area contributed by atoms with Crippen molar-refractivity contribution < 1.29 is 9.84 Å². The summed E-state index contributed by atoms with van der Waals surface area (Å²) in [5.41, 5.74) is 0.146. The second-order valence-electron chi connectivity index (χ2n) is 6.80. The molecule has 1 aromatic rings. The maximum Gasteiger partial charge on any atom is 0.232 e. The van der Waals surface area contributed by atoms with E-state index in [1.165, 1.54) is 19.3 Å². The molecule has 3 N–H and O–H groups in total. The number of hydrogen-bond acceptors (Lipinski definition) is 4. The highest BCUT2D eigenvalue weighted by Crippen LogP contribution is 2.39. The van der Waals surface area contributed by atoms with E-state index in [9.17, 15) is 5.11 Å². The van der Waals surface area contributed by atoms with Crippen molar-refractivity contribution in [3.05, 3.63) is 23.4 Å². The first kappa shape index (κ1) is 24.2. The van der Waals surface area contributed by atoms with Crippen LogP contribution in [0.4, 0.5) is 0 Å². The first-order valence-electron chi connectivity index (χ1n) is 9.55. The largest absolute Gasteiger partial charge is 0.475 e. The SMILES string of the molecule is CCNC(=NCC1(CCO)CCCCC1)NCCOc1ncccc1Cl.I. The van der Waals surface area contributed by atoms with Crippen molar-refractivity contribution in [2.45, 2.75) is 45.4 Å². The molecule has 154 valence electrons. The molecule has 0 aromatic carbocycles. The molecule has 1 aliphatic rings. The summed E-state index contributed by atoms with van der Waals surface area (Å²) in [6.07, 6.45) is 8.55. The van der Waals surface area contributed by atoms with Crippen molar-refractivity contribution >= 4 is 41.5 Å². The molecule has 0 amide bonds. The summed E-state index contributed by atoms with van der Waals surface area (Å²) in [5.74, 6) is 1.23. The van der Waals surface area contributed by atoms with Crippen molar-refractivity contribution in [3.8, 4) is 5.88 Å². The number of aliphatic hydroxyl groups is 1. The quantitative estimate of drug-likeness (QED) is 0.205. The molecule has 0 spiro atoms. The molecule has 2 rings (SSSR count). The lowest BCUT2D eigenvalue weighted by molar-refractivity contribution is 0.137. The van der Waals surface area contributed by atoms with Crippen molar-refractivity contribution in [1.82, 2.24) is 15.6 Å². The Balaban J connectivity index is 0.00000364. The summed E-state index contributed by atoms with van der Waals surface area (Å²) in [6.45, 7) is 4.87. The fourth-order valence-electron chi connectivity index (χ4n) is 3.41. The van der Waals surface area contributed by atoms with Gasteiger partial charge in [-0.15, -0.1) is 24.0 Å². The number of ether oxygens (including phenoxy) is 1. The van der Waals surface area contributed by atoms with Crippen LogP contribution < -0.4 is 15.4 Å². The second kappa shape index (κ2) is 13.4. The molecule has 1 aliphatic carbocycles. The second-order valence-corrected chi connectivity index (χ2v) is 7.20. The number of nitrogens with one attached hydrogen (secondary N) is 2. The lowest BCUT2D eigenvalue weighted by Crippen LogP contribution is -2.40. The zero-order valence-electron chi connectivity index (χ0n) is 16.0. The van der Waals surface area contributed by atoms with Gasteiger partial charge in [0.25, 0.3) is 0 Å². The van der Waals surface area contributed by atoms with E-state index < -0.39 is 0 Å². The van der Waals surface area contributed by atoms with Crippen molar-refractivity contribution in [1.29, 1.82) is 0 Å². The first-order valence-corrected chi connectivity index (χ1v) is 9.93. The number of aliphatic hydroxyl groups excluding tert-OH is 1. The van der Waals surface area contributed by atoms with E-state index in [0.717, 1.165) is 38.3 Å². The third-order valence-electron chi connectivity index (χ3n) is 4.83. The van der Waals surface area contributed by atoms with E-state index in [4.69, 9.17) is 21.3 Å². The molecule has 0 aliphatic heterocycles. The van der Waals surface area contributed by atoms with Crippen LogP contribution in [-0.2, 0) is 0 Å². The first-order chi connectivity index (χ1) is 12.7. The van der Waals surface area contributed by atoms with E-state index in [1.54, 1.807) is 18.3 Å². The van der Waals surface area contributed by atoms with Crippen molar-refractivity contribution in [2.24, 2.45) is 10.4 Å². The minimum Gasteiger partial charge on any atom is -0.475 e. The number of aliphatic imine (C=N–C) groups is 1. The lowest BCUT2D eigenvalue weighted by Gasteiger charge is -2.35. The van der Waals surface area contributed by atoms with Gasteiger partial charge in [0, 0.05) is 25.9 Å². The van der Waals surface area contributed by atoms with Crippen LogP contribution in [0, 0.1) is 5.41 Å². The molecule has 0 bridgehead atoms. The van der Waals surface area contributed by atoms with Crippen LogP contribution >= 0.6 is 35.6 Å². The molecule has 0 saturated heterocycles. The zero-order valence-corrected chi connectivity index (χ0v) is 19.1. The summed E-state index contributed by atoms with van der Waals surface area (Å²) in [4.78, 5) is 8.88. The van der Waals surface area contributed by atoms with Gasteiger partial charge in [-0.3, -0.25) is 4.99 Å². The minimum absolute atomic E-state index is 0. The standard InChI is InChI=1S/C19H31ClN4O2.HI/c1-2-21-18(23-12-14-26-17-16(20)7-6-11-22-17)24-15-19(10-13-25)8-4-3-5-9-19;/h6-7,11,25H,2-5,8-10,12-15H2,1H3,(H2,21,23,24);1H. The van der Waals surface area contributed by atoms with Crippen molar-refractivity contribution in [3.63, 3.8) is 0 Å². The van der Waals surface area contributed by atoms with Gasteiger partial charge in [0.15, 0.2) is 5.96 Å². The number of rotatable bonds is 9. The molecule has 0 unspecified atom stereocenters. The normalized spacial score (nSPS) is 16.3. The highest BCUT2D eigenvalue weighted by molar-refractivity contribution is 14.0. The molecule has 1 heterocycles. The van der Waals surface area contributed by atoms with E-state index in [-0.39, 0.29) is 36.0 Å². The molecule has 1 fully saturated rings. The molecular formula is C19H32ClIN4O2. The fourth-order valence-corrected chi connectivity index (χ4v) is 3.59. The molecule has 0 radical (unpaired) electrons. The van der Waals surface area contributed by atoms with Gasteiger partial charge in [-0.1, -0.05) is 30.9 Å². The summed E-state index contributed by atoms with van der Waals surface area (Å²) in [6, 6.07) is 3.53. The molecule has 0 atom stereocenters. The summed E-state index contributed by atoms with van der Waals surface area (Å²) < 4.78 is 5.60. The lowest BCUT2D eigenvalue weighted by atomic mass is 9.72. The van der Waals surface area contributed by atoms with Gasteiger partial charge >= 0.3 is 0 Å². The Morgan fingerprint density at radius 3 is 2.78 bits per heavy atom. The molecular weight excluding hydrogens is 479 g/mol. The summed E-state index contributed by atoms with van der Waals surface area (Å²) in [5, 5.41) is 16.5. The van der Waals surface area contributed by atoms with Gasteiger partial charge in [0.2, 0.25) is 5.88 Å². The molecule has 6 nitrogen and oxygen atoms in total. The van der Waals surface area contributed by atoms with Crippen LogP contribution in [-0.4, -0.2) is 48.9 Å². The Hall–Kier alpha value is -0.800. The van der Waals surface area contributed by atoms with Crippen LogP contribution in [0.1, 0.15) is 45.4 Å². The highest BCUT2D eigenvalue weighted by atomic mass is 127. The third-order valence-corrected chi connectivity index (χ3v) is 5.12.